The lowest BCUT2D eigenvalue weighted by atomic mass is 9.76. The number of alkyl halides is 2. The summed E-state index contributed by atoms with van der Waals surface area (Å²) in [7, 11) is 0. The minimum absolute atomic E-state index is 0.0988. The molecule has 2 rings (SSSR count). The molecule has 1 saturated carbocycles. The average molecular weight is 211 g/mol. The molecule has 0 aliphatic heterocycles. The number of hydrogen-bond acceptors (Lipinski definition) is 1. The van der Waals surface area contributed by atoms with E-state index >= 15 is 0 Å². The summed E-state index contributed by atoms with van der Waals surface area (Å²) in [5.41, 5.74) is 6.59. The topological polar surface area (TPSA) is 26.0 Å². The van der Waals surface area contributed by atoms with E-state index in [1.165, 1.54) is 0 Å². The molecule has 0 heterocycles. The zero-order chi connectivity index (χ0) is 10.9. The van der Waals surface area contributed by atoms with E-state index in [-0.39, 0.29) is 12.8 Å². The second-order valence-corrected chi connectivity index (χ2v) is 4.38. The van der Waals surface area contributed by atoms with Crippen molar-refractivity contribution in [2.45, 2.75) is 37.1 Å². The van der Waals surface area contributed by atoms with Gasteiger partial charge in [0, 0.05) is 18.4 Å². The Morgan fingerprint density at radius 3 is 2.00 bits per heavy atom. The van der Waals surface area contributed by atoms with E-state index in [4.69, 9.17) is 5.73 Å². The monoisotopic (exact) mass is 211 g/mol. The fourth-order valence-electron chi connectivity index (χ4n) is 2.12. The molecule has 3 heteroatoms. The maximum absolute atomic E-state index is 13.0. The minimum atomic E-state index is -2.52. The zero-order valence-electron chi connectivity index (χ0n) is 8.55. The van der Waals surface area contributed by atoms with Gasteiger partial charge in [-0.25, -0.2) is 8.78 Å². The lowest BCUT2D eigenvalue weighted by Gasteiger charge is -2.37. The van der Waals surface area contributed by atoms with Crippen LogP contribution in [0.3, 0.4) is 0 Å². The van der Waals surface area contributed by atoms with Crippen molar-refractivity contribution in [2.24, 2.45) is 5.73 Å². The molecule has 1 aromatic carbocycles. The third-order valence-electron chi connectivity index (χ3n) is 3.22. The number of benzene rings is 1. The van der Waals surface area contributed by atoms with Crippen molar-refractivity contribution in [3.05, 3.63) is 35.9 Å². The number of rotatable bonds is 1. The van der Waals surface area contributed by atoms with Gasteiger partial charge in [0.05, 0.1) is 0 Å². The number of nitrogens with two attached hydrogens (primary N) is 1. The molecule has 1 aliphatic rings. The van der Waals surface area contributed by atoms with Crippen LogP contribution in [0.1, 0.15) is 31.2 Å². The Labute approximate surface area is 88.3 Å². The van der Waals surface area contributed by atoms with Crippen LogP contribution in [-0.2, 0) is 5.54 Å². The first-order valence-electron chi connectivity index (χ1n) is 5.24. The van der Waals surface area contributed by atoms with Crippen molar-refractivity contribution in [3.63, 3.8) is 0 Å². The van der Waals surface area contributed by atoms with E-state index < -0.39 is 11.5 Å². The summed E-state index contributed by atoms with van der Waals surface area (Å²) in [6.07, 6.45) is 0.533. The molecule has 1 nitrogen and oxygen atoms in total. The highest BCUT2D eigenvalue weighted by molar-refractivity contribution is 5.24. The maximum atomic E-state index is 13.0. The molecule has 0 amide bonds. The van der Waals surface area contributed by atoms with Crippen LogP contribution in [0, 0.1) is 0 Å². The first-order valence-corrected chi connectivity index (χ1v) is 5.24. The van der Waals surface area contributed by atoms with Gasteiger partial charge in [0.2, 0.25) is 5.92 Å². The summed E-state index contributed by atoms with van der Waals surface area (Å²) < 4.78 is 26.0. The summed E-state index contributed by atoms with van der Waals surface area (Å²) in [6, 6.07) is 9.55. The highest BCUT2D eigenvalue weighted by atomic mass is 19.3. The molecule has 0 radical (unpaired) electrons. The van der Waals surface area contributed by atoms with Gasteiger partial charge in [0.15, 0.2) is 0 Å². The van der Waals surface area contributed by atoms with Crippen molar-refractivity contribution in [1.29, 1.82) is 0 Å². The summed E-state index contributed by atoms with van der Waals surface area (Å²) in [6.45, 7) is 0. The lowest BCUT2D eigenvalue weighted by molar-refractivity contribution is -0.0514. The predicted molar refractivity (Wildman–Crippen MR) is 55.7 cm³/mol. The maximum Gasteiger partial charge on any atom is 0.248 e. The smallest absolute Gasteiger partial charge is 0.248 e. The van der Waals surface area contributed by atoms with Gasteiger partial charge >= 0.3 is 0 Å². The Kier molecular flexibility index (Phi) is 2.51. The van der Waals surface area contributed by atoms with Gasteiger partial charge in [0.1, 0.15) is 0 Å². The second kappa shape index (κ2) is 3.56. The fourth-order valence-corrected chi connectivity index (χ4v) is 2.12. The summed E-state index contributed by atoms with van der Waals surface area (Å²) in [5, 5.41) is 0. The molecule has 15 heavy (non-hydrogen) atoms. The zero-order valence-corrected chi connectivity index (χ0v) is 8.55. The van der Waals surface area contributed by atoms with Crippen molar-refractivity contribution in [3.8, 4) is 0 Å². The second-order valence-electron chi connectivity index (χ2n) is 4.38. The largest absolute Gasteiger partial charge is 0.321 e. The first kappa shape index (κ1) is 10.6. The third-order valence-corrected chi connectivity index (χ3v) is 3.22. The Hall–Kier alpha value is -0.960. The molecule has 0 atom stereocenters. The van der Waals surface area contributed by atoms with Gasteiger partial charge in [-0.1, -0.05) is 30.3 Å². The molecular formula is C12H15F2N. The molecular weight excluding hydrogens is 196 g/mol. The molecule has 0 aromatic heterocycles. The molecule has 1 aromatic rings. The van der Waals surface area contributed by atoms with Crippen LogP contribution in [0.4, 0.5) is 8.78 Å². The molecule has 0 saturated heterocycles. The van der Waals surface area contributed by atoms with Gasteiger partial charge < -0.3 is 5.73 Å². The van der Waals surface area contributed by atoms with E-state index in [9.17, 15) is 8.78 Å². The fraction of sp³-hybridized carbons (Fsp3) is 0.500. The van der Waals surface area contributed by atoms with Crippen LogP contribution in [-0.4, -0.2) is 5.92 Å². The molecule has 0 spiro atoms. The van der Waals surface area contributed by atoms with E-state index in [0.29, 0.717) is 12.8 Å². The van der Waals surface area contributed by atoms with Crippen LogP contribution in [0.2, 0.25) is 0 Å². The minimum Gasteiger partial charge on any atom is -0.321 e. The van der Waals surface area contributed by atoms with Gasteiger partial charge in [-0.15, -0.1) is 0 Å². The van der Waals surface area contributed by atoms with E-state index in [1.54, 1.807) is 0 Å². The van der Waals surface area contributed by atoms with Crippen LogP contribution >= 0.6 is 0 Å². The standard InChI is InChI=1S/C12H15F2N/c13-12(14)8-6-11(15,7-9-12)10-4-2-1-3-5-10/h1-5H,6-9,15H2. The van der Waals surface area contributed by atoms with Gasteiger partial charge in [-0.2, -0.15) is 0 Å². The molecule has 2 N–H and O–H groups in total. The number of hydrogen-bond donors (Lipinski definition) is 1. The Morgan fingerprint density at radius 2 is 1.47 bits per heavy atom. The highest BCUT2D eigenvalue weighted by Gasteiger charge is 2.41. The van der Waals surface area contributed by atoms with Gasteiger partial charge in [-0.05, 0) is 18.4 Å². The Bertz CT molecular complexity index is 325. The normalized spacial score (nSPS) is 23.7. The summed E-state index contributed by atoms with van der Waals surface area (Å²) in [4.78, 5) is 0. The van der Waals surface area contributed by atoms with Crippen molar-refractivity contribution in [1.82, 2.24) is 0 Å². The van der Waals surface area contributed by atoms with Crippen molar-refractivity contribution < 1.29 is 8.78 Å². The Morgan fingerprint density at radius 1 is 0.933 bits per heavy atom. The van der Waals surface area contributed by atoms with Crippen molar-refractivity contribution >= 4 is 0 Å². The quantitative estimate of drug-likeness (QED) is 0.759. The van der Waals surface area contributed by atoms with E-state index in [0.717, 1.165) is 5.56 Å². The van der Waals surface area contributed by atoms with Crippen LogP contribution in [0.5, 0.6) is 0 Å². The third kappa shape index (κ3) is 2.17. The van der Waals surface area contributed by atoms with E-state index in [1.807, 2.05) is 30.3 Å². The average Bonchev–Trinajstić information content (AvgIpc) is 2.24. The first-order chi connectivity index (χ1) is 7.02. The number of halogens is 2. The van der Waals surface area contributed by atoms with Crippen LogP contribution in [0.25, 0.3) is 0 Å². The molecule has 1 aliphatic carbocycles. The van der Waals surface area contributed by atoms with Crippen molar-refractivity contribution in [2.75, 3.05) is 0 Å². The predicted octanol–water partition coefficient (Wildman–Crippen LogP) is 3.05. The summed E-state index contributed by atoms with van der Waals surface area (Å²) in [5.74, 6) is -2.52. The van der Waals surface area contributed by atoms with Crippen LogP contribution < -0.4 is 5.73 Å². The molecule has 0 unspecified atom stereocenters. The summed E-state index contributed by atoms with van der Waals surface area (Å²) >= 11 is 0. The van der Waals surface area contributed by atoms with Gasteiger partial charge in [0.25, 0.3) is 0 Å². The SMILES string of the molecule is NC1(c2ccccc2)CCC(F)(F)CC1. The van der Waals surface area contributed by atoms with Crippen LogP contribution in [0.15, 0.2) is 30.3 Å². The van der Waals surface area contributed by atoms with Gasteiger partial charge in [-0.3, -0.25) is 0 Å². The van der Waals surface area contributed by atoms with E-state index in [2.05, 4.69) is 0 Å². The molecule has 82 valence electrons. The Balaban J connectivity index is 2.17. The highest BCUT2D eigenvalue weighted by Crippen LogP contribution is 2.41. The molecule has 1 fully saturated rings. The lowest BCUT2D eigenvalue weighted by Crippen LogP contribution is -2.43. The molecule has 0 bridgehead atoms.